The minimum Gasteiger partial charge on any atom is -0.354 e. The lowest BCUT2D eigenvalue weighted by molar-refractivity contribution is -0.120. The van der Waals surface area contributed by atoms with E-state index in [0.717, 1.165) is 35.8 Å². The number of aromatic nitrogens is 3. The smallest absolute Gasteiger partial charge is 0.263 e. The van der Waals surface area contributed by atoms with Gasteiger partial charge in [-0.15, -0.1) is 32.9 Å². The van der Waals surface area contributed by atoms with Gasteiger partial charge in [-0.2, -0.15) is 0 Å². The number of amides is 1. The summed E-state index contributed by atoms with van der Waals surface area (Å²) < 4.78 is 27.4. The third-order valence-corrected chi connectivity index (χ3v) is 8.69. The van der Waals surface area contributed by atoms with Crippen LogP contribution in [0.4, 0.5) is 16.6 Å². The lowest BCUT2D eigenvalue weighted by Crippen LogP contribution is -2.41. The van der Waals surface area contributed by atoms with E-state index in [-0.39, 0.29) is 16.7 Å². The Labute approximate surface area is 210 Å². The normalized spacial score (nSPS) is 16.1. The van der Waals surface area contributed by atoms with Crippen LogP contribution in [0, 0.1) is 5.92 Å². The first-order chi connectivity index (χ1) is 17.0. The highest BCUT2D eigenvalue weighted by atomic mass is 32.2. The second-order valence-electron chi connectivity index (χ2n) is 8.00. The Balaban J connectivity index is 1.20. The predicted octanol–water partition coefficient (Wildman–Crippen LogP) is 4.32. The maximum Gasteiger partial charge on any atom is 0.263 e. The molecule has 180 valence electrons. The van der Waals surface area contributed by atoms with Crippen molar-refractivity contribution in [3.05, 3.63) is 65.5 Å². The molecule has 1 aliphatic heterocycles. The number of anilines is 3. The summed E-state index contributed by atoms with van der Waals surface area (Å²) in [4.78, 5) is 20.1. The molecule has 1 fully saturated rings. The molecule has 12 heteroatoms. The number of hydrogen-bond acceptors (Lipinski definition) is 9. The number of piperidine rings is 1. The van der Waals surface area contributed by atoms with E-state index in [1.165, 1.54) is 29.7 Å². The molecule has 0 saturated carbocycles. The van der Waals surface area contributed by atoms with Crippen LogP contribution < -0.4 is 14.9 Å². The number of sulfonamides is 1. The molecular formula is C23H22N6O3S3. The molecule has 1 saturated heterocycles. The Morgan fingerprint density at radius 1 is 1.03 bits per heavy atom. The van der Waals surface area contributed by atoms with Gasteiger partial charge in [-0.05, 0) is 60.7 Å². The molecule has 2 N–H and O–H groups in total. The van der Waals surface area contributed by atoms with E-state index in [2.05, 4.69) is 30.1 Å². The number of carbonyl (C=O) groups excluding carboxylic acids is 1. The Morgan fingerprint density at radius 2 is 1.89 bits per heavy atom. The van der Waals surface area contributed by atoms with Crippen LogP contribution in [0.25, 0.3) is 10.6 Å². The van der Waals surface area contributed by atoms with Gasteiger partial charge in [0, 0.05) is 30.4 Å². The minimum absolute atomic E-state index is 0.0964. The molecule has 0 radical (unpaired) electrons. The average molecular weight is 527 g/mol. The Kier molecular flexibility index (Phi) is 6.75. The summed E-state index contributed by atoms with van der Waals surface area (Å²) in [7, 11) is -3.74. The van der Waals surface area contributed by atoms with Crippen molar-refractivity contribution in [3.63, 3.8) is 0 Å². The summed E-state index contributed by atoms with van der Waals surface area (Å²) in [5.41, 5.74) is 1.38. The van der Waals surface area contributed by atoms with E-state index in [1.54, 1.807) is 28.8 Å². The first-order valence-corrected chi connectivity index (χ1v) is 14.2. The van der Waals surface area contributed by atoms with Crippen molar-refractivity contribution in [1.82, 2.24) is 15.2 Å². The van der Waals surface area contributed by atoms with Crippen LogP contribution in [-0.4, -0.2) is 42.6 Å². The van der Waals surface area contributed by atoms with Gasteiger partial charge in [0.1, 0.15) is 5.69 Å². The zero-order valence-electron chi connectivity index (χ0n) is 18.5. The van der Waals surface area contributed by atoms with E-state index in [0.29, 0.717) is 17.4 Å². The van der Waals surface area contributed by atoms with Gasteiger partial charge in [-0.3, -0.25) is 9.52 Å². The molecule has 0 aliphatic carbocycles. The van der Waals surface area contributed by atoms with Crippen LogP contribution in [0.15, 0.2) is 70.4 Å². The van der Waals surface area contributed by atoms with Crippen LogP contribution in [-0.2, 0) is 14.8 Å². The monoisotopic (exact) mass is 526 g/mol. The van der Waals surface area contributed by atoms with E-state index < -0.39 is 10.0 Å². The molecule has 1 amide bonds. The summed E-state index contributed by atoms with van der Waals surface area (Å²) >= 11 is 2.82. The maximum absolute atomic E-state index is 12.9. The number of thiazole rings is 1. The summed E-state index contributed by atoms with van der Waals surface area (Å²) in [6.07, 6.45) is 3.17. The number of benzene rings is 1. The quantitative estimate of drug-likeness (QED) is 0.368. The summed E-state index contributed by atoms with van der Waals surface area (Å²) in [6, 6.07) is 14.0. The number of nitrogens with one attached hydrogen (secondary N) is 2. The maximum atomic E-state index is 12.9. The van der Waals surface area contributed by atoms with Crippen molar-refractivity contribution >= 4 is 55.2 Å². The highest BCUT2D eigenvalue weighted by Crippen LogP contribution is 2.26. The molecule has 3 aromatic heterocycles. The third-order valence-electron chi connectivity index (χ3n) is 5.63. The van der Waals surface area contributed by atoms with Gasteiger partial charge in [0.25, 0.3) is 10.0 Å². The van der Waals surface area contributed by atoms with Crippen molar-refractivity contribution in [1.29, 1.82) is 0 Å². The van der Waals surface area contributed by atoms with Crippen LogP contribution >= 0.6 is 22.7 Å². The first-order valence-electron chi connectivity index (χ1n) is 10.9. The van der Waals surface area contributed by atoms with Crippen LogP contribution in [0.5, 0.6) is 0 Å². The molecule has 1 aliphatic rings. The molecule has 4 heterocycles. The number of hydrogen-bond donors (Lipinski definition) is 2. The van der Waals surface area contributed by atoms with Gasteiger partial charge in [-0.25, -0.2) is 13.4 Å². The van der Waals surface area contributed by atoms with Gasteiger partial charge in [0.15, 0.2) is 10.9 Å². The summed E-state index contributed by atoms with van der Waals surface area (Å²) in [6.45, 7) is 1.36. The van der Waals surface area contributed by atoms with E-state index in [9.17, 15) is 13.2 Å². The molecule has 5 rings (SSSR count). The SMILES string of the molecule is O=C(Nc1ccc(S(=O)(=O)Nc2nccs2)cc1)C1CCCN(c2ccc(-c3cccs3)nn2)C1. The Bertz CT molecular complexity index is 1370. The van der Waals surface area contributed by atoms with Crippen molar-refractivity contribution < 1.29 is 13.2 Å². The van der Waals surface area contributed by atoms with Crippen LogP contribution in [0.2, 0.25) is 0 Å². The standard InChI is InChI=1S/C23H22N6O3S3/c30-22(25-17-5-7-18(8-6-17)35(31,32)28-23-24-11-14-34-23)16-3-1-12-29(15-16)21-10-9-19(26-27-21)20-4-2-13-33-20/h2,4-11,13-14,16H,1,3,12,15H2,(H,24,28)(H,25,30). The van der Waals surface area contributed by atoms with Gasteiger partial charge < -0.3 is 10.2 Å². The number of carbonyl (C=O) groups is 1. The fraction of sp³-hybridized carbons (Fsp3) is 0.217. The molecule has 1 aromatic carbocycles. The van der Waals surface area contributed by atoms with Gasteiger partial charge >= 0.3 is 0 Å². The van der Waals surface area contributed by atoms with Crippen LogP contribution in [0.1, 0.15) is 12.8 Å². The zero-order valence-corrected chi connectivity index (χ0v) is 20.9. The topological polar surface area (TPSA) is 117 Å². The molecule has 35 heavy (non-hydrogen) atoms. The predicted molar refractivity (Wildman–Crippen MR) is 138 cm³/mol. The molecular weight excluding hydrogens is 504 g/mol. The van der Waals surface area contributed by atoms with E-state index in [4.69, 9.17) is 0 Å². The van der Waals surface area contributed by atoms with E-state index >= 15 is 0 Å². The van der Waals surface area contributed by atoms with E-state index in [1.807, 2.05) is 29.6 Å². The fourth-order valence-electron chi connectivity index (χ4n) is 3.86. The highest BCUT2D eigenvalue weighted by molar-refractivity contribution is 7.93. The lowest BCUT2D eigenvalue weighted by atomic mass is 9.97. The number of nitrogens with zero attached hydrogens (tertiary/aromatic N) is 4. The zero-order chi connectivity index (χ0) is 24.3. The first kappa shape index (κ1) is 23.4. The molecule has 0 spiro atoms. The van der Waals surface area contributed by atoms with Gasteiger partial charge in [0.2, 0.25) is 5.91 Å². The summed E-state index contributed by atoms with van der Waals surface area (Å²) in [5.74, 6) is 0.442. The molecule has 4 aromatic rings. The van der Waals surface area contributed by atoms with Crippen molar-refractivity contribution in [2.75, 3.05) is 28.0 Å². The fourth-order valence-corrected chi connectivity index (χ4v) is 6.34. The minimum atomic E-state index is -3.74. The van der Waals surface area contributed by atoms with Gasteiger partial charge in [-0.1, -0.05) is 6.07 Å². The molecule has 0 bridgehead atoms. The highest BCUT2D eigenvalue weighted by Gasteiger charge is 2.27. The Hall–Kier alpha value is -3.35. The Morgan fingerprint density at radius 3 is 2.57 bits per heavy atom. The lowest BCUT2D eigenvalue weighted by Gasteiger charge is -2.32. The van der Waals surface area contributed by atoms with Gasteiger partial charge in [0.05, 0.1) is 15.7 Å². The second kappa shape index (κ2) is 10.1. The average Bonchev–Trinajstić information content (AvgIpc) is 3.59. The summed E-state index contributed by atoms with van der Waals surface area (Å²) in [5, 5.41) is 15.6. The number of rotatable bonds is 7. The number of thiophene rings is 1. The second-order valence-corrected chi connectivity index (χ2v) is 11.5. The molecule has 1 atom stereocenters. The van der Waals surface area contributed by atoms with Crippen molar-refractivity contribution in [2.45, 2.75) is 17.7 Å². The van der Waals surface area contributed by atoms with Crippen LogP contribution in [0.3, 0.4) is 0 Å². The largest absolute Gasteiger partial charge is 0.354 e. The van der Waals surface area contributed by atoms with Crippen molar-refractivity contribution in [3.8, 4) is 10.6 Å². The molecule has 9 nitrogen and oxygen atoms in total. The third kappa shape index (κ3) is 5.50. The van der Waals surface area contributed by atoms with Crippen molar-refractivity contribution in [2.24, 2.45) is 5.92 Å². The molecule has 1 unspecified atom stereocenters.